The second-order valence-corrected chi connectivity index (χ2v) is 4.43. The maximum absolute atomic E-state index is 11.4. The van der Waals surface area contributed by atoms with Crippen LogP contribution in [-0.4, -0.2) is 36.5 Å². The predicted octanol–water partition coefficient (Wildman–Crippen LogP) is 1.78. The molecule has 0 bridgehead atoms. The summed E-state index contributed by atoms with van der Waals surface area (Å²) in [6.07, 6.45) is 5.09. The molecule has 0 aromatic rings. The standard InChI is InChI=1S/C12H24N2O/c1-3-5-12(15)13-11-6-9-14(8-4-2)10-7-11/h11H,3-10H2,1-2H3,(H,13,15). The highest BCUT2D eigenvalue weighted by molar-refractivity contribution is 5.76. The molecule has 0 aliphatic carbocycles. The van der Waals surface area contributed by atoms with Crippen LogP contribution < -0.4 is 5.32 Å². The Hall–Kier alpha value is -0.570. The first kappa shape index (κ1) is 12.5. The van der Waals surface area contributed by atoms with Crippen molar-refractivity contribution < 1.29 is 4.79 Å². The Bertz CT molecular complexity index is 186. The maximum atomic E-state index is 11.4. The summed E-state index contributed by atoms with van der Waals surface area (Å²) >= 11 is 0. The molecule has 0 saturated carbocycles. The summed E-state index contributed by atoms with van der Waals surface area (Å²) < 4.78 is 0. The van der Waals surface area contributed by atoms with Gasteiger partial charge in [-0.25, -0.2) is 0 Å². The number of piperidine rings is 1. The molecule has 1 saturated heterocycles. The van der Waals surface area contributed by atoms with E-state index in [9.17, 15) is 4.79 Å². The third-order valence-corrected chi connectivity index (χ3v) is 2.97. The first-order valence-electron chi connectivity index (χ1n) is 6.28. The Balaban J connectivity index is 2.16. The van der Waals surface area contributed by atoms with Crippen LogP contribution in [0.3, 0.4) is 0 Å². The molecule has 15 heavy (non-hydrogen) atoms. The molecule has 0 unspecified atom stereocenters. The molecule has 1 aliphatic heterocycles. The Morgan fingerprint density at radius 2 is 1.93 bits per heavy atom. The van der Waals surface area contributed by atoms with E-state index < -0.39 is 0 Å². The van der Waals surface area contributed by atoms with Gasteiger partial charge < -0.3 is 10.2 Å². The molecule has 1 heterocycles. The molecule has 0 atom stereocenters. The fraction of sp³-hybridized carbons (Fsp3) is 0.917. The van der Waals surface area contributed by atoms with Crippen molar-refractivity contribution in [2.45, 2.75) is 52.0 Å². The van der Waals surface area contributed by atoms with Gasteiger partial charge >= 0.3 is 0 Å². The quantitative estimate of drug-likeness (QED) is 0.753. The van der Waals surface area contributed by atoms with Crippen molar-refractivity contribution in [1.82, 2.24) is 10.2 Å². The SMILES string of the molecule is CCCC(=O)NC1CCN(CCC)CC1. The molecule has 1 amide bonds. The Morgan fingerprint density at radius 3 is 2.47 bits per heavy atom. The van der Waals surface area contributed by atoms with E-state index in [1.165, 1.54) is 13.0 Å². The van der Waals surface area contributed by atoms with E-state index in [1.54, 1.807) is 0 Å². The van der Waals surface area contributed by atoms with Crippen LogP contribution in [0, 0.1) is 0 Å². The van der Waals surface area contributed by atoms with Gasteiger partial charge in [-0.3, -0.25) is 4.79 Å². The maximum Gasteiger partial charge on any atom is 0.220 e. The highest BCUT2D eigenvalue weighted by Gasteiger charge is 2.19. The molecule has 1 rings (SSSR count). The number of carbonyl (C=O) groups excluding carboxylic acids is 1. The minimum Gasteiger partial charge on any atom is -0.353 e. The van der Waals surface area contributed by atoms with Crippen LogP contribution >= 0.6 is 0 Å². The third kappa shape index (κ3) is 4.65. The van der Waals surface area contributed by atoms with E-state index >= 15 is 0 Å². The molecule has 0 aromatic heterocycles. The molecular weight excluding hydrogens is 188 g/mol. The lowest BCUT2D eigenvalue weighted by Gasteiger charge is -2.32. The lowest BCUT2D eigenvalue weighted by Crippen LogP contribution is -2.44. The van der Waals surface area contributed by atoms with Gasteiger partial charge in [-0.05, 0) is 32.2 Å². The van der Waals surface area contributed by atoms with Gasteiger partial charge in [0.15, 0.2) is 0 Å². The van der Waals surface area contributed by atoms with Crippen LogP contribution in [0.5, 0.6) is 0 Å². The fourth-order valence-corrected chi connectivity index (χ4v) is 2.14. The molecule has 3 nitrogen and oxygen atoms in total. The van der Waals surface area contributed by atoms with Gasteiger partial charge in [-0.15, -0.1) is 0 Å². The largest absolute Gasteiger partial charge is 0.353 e. The van der Waals surface area contributed by atoms with Crippen molar-refractivity contribution >= 4 is 5.91 Å². The number of rotatable bonds is 5. The van der Waals surface area contributed by atoms with Crippen molar-refractivity contribution in [3.63, 3.8) is 0 Å². The van der Waals surface area contributed by atoms with Gasteiger partial charge in [-0.2, -0.15) is 0 Å². The first-order valence-corrected chi connectivity index (χ1v) is 6.28. The highest BCUT2D eigenvalue weighted by Crippen LogP contribution is 2.10. The average Bonchev–Trinajstić information content (AvgIpc) is 2.22. The Labute approximate surface area is 93.2 Å². The van der Waals surface area contributed by atoms with E-state index in [4.69, 9.17) is 0 Å². The minimum absolute atomic E-state index is 0.228. The number of carbonyl (C=O) groups is 1. The van der Waals surface area contributed by atoms with Crippen LogP contribution in [-0.2, 0) is 4.79 Å². The van der Waals surface area contributed by atoms with Gasteiger partial charge in [0, 0.05) is 25.6 Å². The Morgan fingerprint density at radius 1 is 1.27 bits per heavy atom. The van der Waals surface area contributed by atoms with Crippen LogP contribution in [0.25, 0.3) is 0 Å². The summed E-state index contributed by atoms with van der Waals surface area (Å²) in [5.74, 6) is 0.228. The number of nitrogens with one attached hydrogen (secondary N) is 1. The summed E-state index contributed by atoms with van der Waals surface area (Å²) in [4.78, 5) is 13.9. The van der Waals surface area contributed by atoms with Gasteiger partial charge in [-0.1, -0.05) is 13.8 Å². The van der Waals surface area contributed by atoms with E-state index in [1.807, 2.05) is 6.92 Å². The lowest BCUT2D eigenvalue weighted by molar-refractivity contribution is -0.122. The summed E-state index contributed by atoms with van der Waals surface area (Å²) in [6, 6.07) is 0.428. The van der Waals surface area contributed by atoms with E-state index in [2.05, 4.69) is 17.1 Å². The van der Waals surface area contributed by atoms with E-state index in [0.29, 0.717) is 12.5 Å². The first-order chi connectivity index (χ1) is 7.26. The summed E-state index contributed by atoms with van der Waals surface area (Å²) in [5, 5.41) is 3.12. The normalized spacial score (nSPS) is 19.1. The van der Waals surface area contributed by atoms with Crippen molar-refractivity contribution in [2.75, 3.05) is 19.6 Å². The number of nitrogens with zero attached hydrogens (tertiary/aromatic N) is 1. The molecular formula is C12H24N2O. The van der Waals surface area contributed by atoms with Gasteiger partial charge in [0.2, 0.25) is 5.91 Å². The molecule has 0 spiro atoms. The van der Waals surface area contributed by atoms with Crippen LogP contribution in [0.15, 0.2) is 0 Å². The molecule has 3 heteroatoms. The zero-order chi connectivity index (χ0) is 11.1. The van der Waals surface area contributed by atoms with Crippen molar-refractivity contribution in [1.29, 1.82) is 0 Å². The smallest absolute Gasteiger partial charge is 0.220 e. The number of hydrogen-bond donors (Lipinski definition) is 1. The van der Waals surface area contributed by atoms with E-state index in [0.717, 1.165) is 32.4 Å². The van der Waals surface area contributed by atoms with Gasteiger partial charge in [0.1, 0.15) is 0 Å². The molecule has 1 N–H and O–H groups in total. The molecule has 0 aromatic carbocycles. The van der Waals surface area contributed by atoms with Crippen LogP contribution in [0.4, 0.5) is 0 Å². The van der Waals surface area contributed by atoms with Crippen molar-refractivity contribution in [2.24, 2.45) is 0 Å². The number of hydrogen-bond acceptors (Lipinski definition) is 2. The molecule has 1 aliphatic rings. The average molecular weight is 212 g/mol. The number of amides is 1. The molecule has 88 valence electrons. The zero-order valence-corrected chi connectivity index (χ0v) is 10.1. The third-order valence-electron chi connectivity index (χ3n) is 2.97. The fourth-order valence-electron chi connectivity index (χ4n) is 2.14. The van der Waals surface area contributed by atoms with Crippen LogP contribution in [0.1, 0.15) is 46.0 Å². The second-order valence-electron chi connectivity index (χ2n) is 4.43. The molecule has 1 fully saturated rings. The monoisotopic (exact) mass is 212 g/mol. The topological polar surface area (TPSA) is 32.3 Å². The predicted molar refractivity (Wildman–Crippen MR) is 62.8 cm³/mol. The minimum atomic E-state index is 0.228. The Kier molecular flexibility index (Phi) is 5.69. The highest BCUT2D eigenvalue weighted by atomic mass is 16.1. The summed E-state index contributed by atoms with van der Waals surface area (Å²) in [6.45, 7) is 7.75. The van der Waals surface area contributed by atoms with Crippen LogP contribution in [0.2, 0.25) is 0 Å². The summed E-state index contributed by atoms with van der Waals surface area (Å²) in [7, 11) is 0. The van der Waals surface area contributed by atoms with E-state index in [-0.39, 0.29) is 5.91 Å². The second kappa shape index (κ2) is 6.83. The summed E-state index contributed by atoms with van der Waals surface area (Å²) in [5.41, 5.74) is 0. The molecule has 0 radical (unpaired) electrons. The van der Waals surface area contributed by atoms with Crippen molar-refractivity contribution in [3.05, 3.63) is 0 Å². The van der Waals surface area contributed by atoms with Crippen molar-refractivity contribution in [3.8, 4) is 0 Å². The number of likely N-dealkylation sites (tertiary alicyclic amines) is 1. The lowest BCUT2D eigenvalue weighted by atomic mass is 10.0. The van der Waals surface area contributed by atoms with Gasteiger partial charge in [0.25, 0.3) is 0 Å². The van der Waals surface area contributed by atoms with Gasteiger partial charge in [0.05, 0.1) is 0 Å². The zero-order valence-electron chi connectivity index (χ0n) is 10.1.